The van der Waals surface area contributed by atoms with Gasteiger partial charge in [0.05, 0.1) is 25.4 Å². The molecule has 0 bridgehead atoms. The van der Waals surface area contributed by atoms with E-state index in [0.717, 1.165) is 16.7 Å². The number of amides is 3. The monoisotopic (exact) mass is 664 g/mol. The molecule has 254 valence electrons. The zero-order valence-corrected chi connectivity index (χ0v) is 27.1. The first-order chi connectivity index (χ1) is 23.9. The maximum atomic E-state index is 12.7. The molecule has 0 radical (unpaired) electrons. The normalized spacial score (nSPS) is 18.8. The number of benzene rings is 3. The molecular weight excluding hydrogens is 624 g/mol. The van der Waals surface area contributed by atoms with Crippen molar-refractivity contribution in [1.29, 1.82) is 0 Å². The highest BCUT2D eigenvalue weighted by molar-refractivity contribution is 5.83. The summed E-state index contributed by atoms with van der Waals surface area (Å²) in [6.07, 6.45) is -3.32. The minimum absolute atomic E-state index is 0.00621. The number of aromatic nitrogens is 4. The van der Waals surface area contributed by atoms with Crippen molar-refractivity contribution in [3.8, 4) is 0 Å². The van der Waals surface area contributed by atoms with Gasteiger partial charge in [0.2, 0.25) is 5.91 Å². The second-order valence-electron chi connectivity index (χ2n) is 11.8. The minimum atomic E-state index is -1.35. The molecule has 2 aromatic heterocycles. The van der Waals surface area contributed by atoms with Crippen LogP contribution in [-0.2, 0) is 22.6 Å². The lowest BCUT2D eigenvalue weighted by molar-refractivity contribution is -0.125. The summed E-state index contributed by atoms with van der Waals surface area (Å²) in [7, 11) is 0. The Balaban J connectivity index is 1.28. The van der Waals surface area contributed by atoms with E-state index in [1.54, 1.807) is 6.92 Å². The lowest BCUT2D eigenvalue weighted by Crippen LogP contribution is -2.35. The van der Waals surface area contributed by atoms with Crippen molar-refractivity contribution in [3.63, 3.8) is 0 Å². The van der Waals surface area contributed by atoms with Gasteiger partial charge < -0.3 is 36.2 Å². The smallest absolute Gasteiger partial charge is 0.315 e. The standard InChI is InChI=1S/C36H40N8O5/c1-2-37-29(45)18-27-31(46)32(47)35(49-27)44-22-41-30-33(38-20-26(24-14-8-4-9-15-24)25-16-10-5-11-17-25)42-28(43-34(30)44)21-40-36(48)39-19-23-12-6-3-7-13-23/h3-17,22,26-27,31-32,35,46-47H,2,18-21H2,1H3,(H,37,45)(H,38,42,43)(H2,39,40,48)/t27-,31+,32+,35+/m0/s1. The summed E-state index contributed by atoms with van der Waals surface area (Å²) in [5.74, 6) is 0.391. The molecule has 0 unspecified atom stereocenters. The van der Waals surface area contributed by atoms with Gasteiger partial charge in [-0.05, 0) is 23.6 Å². The van der Waals surface area contributed by atoms with Gasteiger partial charge in [-0.15, -0.1) is 0 Å². The fourth-order valence-corrected chi connectivity index (χ4v) is 5.93. The van der Waals surface area contributed by atoms with Gasteiger partial charge in [-0.25, -0.2) is 19.7 Å². The van der Waals surface area contributed by atoms with E-state index in [4.69, 9.17) is 14.7 Å². The number of hydrogen-bond acceptors (Lipinski definition) is 9. The van der Waals surface area contributed by atoms with Crippen molar-refractivity contribution in [2.24, 2.45) is 0 Å². The van der Waals surface area contributed by atoms with Crippen LogP contribution >= 0.6 is 0 Å². The maximum Gasteiger partial charge on any atom is 0.315 e. The third-order valence-electron chi connectivity index (χ3n) is 8.42. The largest absolute Gasteiger partial charge is 0.388 e. The first-order valence-corrected chi connectivity index (χ1v) is 16.3. The van der Waals surface area contributed by atoms with E-state index in [-0.39, 0.29) is 30.6 Å². The molecule has 3 aromatic carbocycles. The Morgan fingerprint density at radius 1 is 0.837 bits per heavy atom. The van der Waals surface area contributed by atoms with E-state index in [9.17, 15) is 19.8 Å². The molecule has 0 aliphatic carbocycles. The molecule has 6 rings (SSSR count). The average Bonchev–Trinajstić information content (AvgIpc) is 3.67. The Kier molecular flexibility index (Phi) is 10.7. The van der Waals surface area contributed by atoms with Crippen molar-refractivity contribution in [2.75, 3.05) is 18.4 Å². The van der Waals surface area contributed by atoms with Gasteiger partial charge >= 0.3 is 6.03 Å². The summed E-state index contributed by atoms with van der Waals surface area (Å²) < 4.78 is 7.55. The first kappa shape index (κ1) is 33.5. The molecule has 49 heavy (non-hydrogen) atoms. The fourth-order valence-electron chi connectivity index (χ4n) is 5.93. The van der Waals surface area contributed by atoms with Crippen LogP contribution in [-0.4, -0.2) is 73.1 Å². The van der Waals surface area contributed by atoms with Crippen LogP contribution in [0.25, 0.3) is 11.2 Å². The van der Waals surface area contributed by atoms with Crippen LogP contribution in [0, 0.1) is 0 Å². The SMILES string of the molecule is CCNC(=O)C[C@@H]1O[C@@H](n2cnc3c(NCC(c4ccccc4)c4ccccc4)nc(CNC(=O)NCc4ccccc4)nc32)[C@H](O)[C@@H]1O. The van der Waals surface area contributed by atoms with Gasteiger partial charge in [0, 0.05) is 25.6 Å². The third-order valence-corrected chi connectivity index (χ3v) is 8.42. The minimum Gasteiger partial charge on any atom is -0.388 e. The molecule has 0 saturated carbocycles. The van der Waals surface area contributed by atoms with E-state index >= 15 is 0 Å². The van der Waals surface area contributed by atoms with Crippen LogP contribution in [0.15, 0.2) is 97.3 Å². The molecule has 1 aliphatic rings. The molecule has 1 saturated heterocycles. The highest BCUT2D eigenvalue weighted by Crippen LogP contribution is 2.34. The summed E-state index contributed by atoms with van der Waals surface area (Å²) in [5, 5.41) is 33.6. The van der Waals surface area contributed by atoms with Crippen LogP contribution in [0.2, 0.25) is 0 Å². The lowest BCUT2D eigenvalue weighted by Gasteiger charge is -2.20. The fraction of sp³-hybridized carbons (Fsp3) is 0.306. The second-order valence-corrected chi connectivity index (χ2v) is 11.8. The summed E-state index contributed by atoms with van der Waals surface area (Å²) in [4.78, 5) is 39.0. The van der Waals surface area contributed by atoms with E-state index in [1.807, 2.05) is 66.7 Å². The number of nitrogens with one attached hydrogen (secondary N) is 4. The van der Waals surface area contributed by atoms with E-state index in [0.29, 0.717) is 36.6 Å². The third kappa shape index (κ3) is 8.03. The number of carbonyl (C=O) groups is 2. The number of anilines is 1. The van der Waals surface area contributed by atoms with Crippen molar-refractivity contribution < 1.29 is 24.5 Å². The molecular formula is C36H40N8O5. The Morgan fingerprint density at radius 2 is 1.47 bits per heavy atom. The molecule has 6 N–H and O–H groups in total. The number of rotatable bonds is 13. The number of aliphatic hydroxyl groups excluding tert-OH is 2. The van der Waals surface area contributed by atoms with Crippen molar-refractivity contribution in [1.82, 2.24) is 35.5 Å². The van der Waals surface area contributed by atoms with E-state index < -0.39 is 30.6 Å². The Labute approximate surface area is 283 Å². The number of nitrogens with zero attached hydrogens (tertiary/aromatic N) is 4. The van der Waals surface area contributed by atoms with E-state index in [1.165, 1.54) is 10.9 Å². The first-order valence-electron chi connectivity index (χ1n) is 16.3. The zero-order valence-electron chi connectivity index (χ0n) is 27.1. The quantitative estimate of drug-likeness (QED) is 0.110. The summed E-state index contributed by atoms with van der Waals surface area (Å²) in [5.41, 5.74) is 3.92. The van der Waals surface area contributed by atoms with Crippen molar-refractivity contribution >= 4 is 28.9 Å². The number of urea groups is 1. The second kappa shape index (κ2) is 15.7. The lowest BCUT2D eigenvalue weighted by atomic mass is 9.91. The number of ether oxygens (including phenoxy) is 1. The van der Waals surface area contributed by atoms with Crippen LogP contribution < -0.4 is 21.3 Å². The number of hydrogen-bond donors (Lipinski definition) is 6. The van der Waals surface area contributed by atoms with E-state index in [2.05, 4.69) is 50.5 Å². The highest BCUT2D eigenvalue weighted by atomic mass is 16.6. The zero-order chi connectivity index (χ0) is 34.2. The number of aliphatic hydroxyl groups is 2. The molecule has 1 fully saturated rings. The predicted octanol–water partition coefficient (Wildman–Crippen LogP) is 3.22. The number of carbonyl (C=O) groups excluding carboxylic acids is 2. The Morgan fingerprint density at radius 3 is 2.12 bits per heavy atom. The molecule has 5 aromatic rings. The van der Waals surface area contributed by atoms with Gasteiger partial charge in [0.15, 0.2) is 29.0 Å². The summed E-state index contributed by atoms with van der Waals surface area (Å²) in [6.45, 7) is 3.04. The molecule has 0 spiro atoms. The van der Waals surface area contributed by atoms with Crippen LogP contribution in [0.4, 0.5) is 10.6 Å². The van der Waals surface area contributed by atoms with Gasteiger partial charge in [0.1, 0.15) is 12.2 Å². The average molecular weight is 665 g/mol. The molecule has 3 heterocycles. The molecule has 1 aliphatic heterocycles. The highest BCUT2D eigenvalue weighted by Gasteiger charge is 2.45. The van der Waals surface area contributed by atoms with Gasteiger partial charge in [-0.2, -0.15) is 0 Å². The van der Waals surface area contributed by atoms with Gasteiger partial charge in [-0.1, -0.05) is 91.0 Å². The Hall–Kier alpha value is -5.37. The number of imidazole rings is 1. The maximum absolute atomic E-state index is 12.7. The molecule has 3 amide bonds. The summed E-state index contributed by atoms with van der Waals surface area (Å²) >= 11 is 0. The van der Waals surface area contributed by atoms with Crippen molar-refractivity contribution in [2.45, 2.75) is 56.9 Å². The molecule has 13 nitrogen and oxygen atoms in total. The predicted molar refractivity (Wildman–Crippen MR) is 183 cm³/mol. The van der Waals surface area contributed by atoms with Crippen molar-refractivity contribution in [3.05, 3.63) is 120 Å². The van der Waals surface area contributed by atoms with Crippen LogP contribution in [0.1, 0.15) is 48.0 Å². The van der Waals surface area contributed by atoms with Crippen LogP contribution in [0.5, 0.6) is 0 Å². The topological polar surface area (TPSA) is 176 Å². The van der Waals surface area contributed by atoms with Gasteiger partial charge in [-0.3, -0.25) is 9.36 Å². The van der Waals surface area contributed by atoms with Crippen LogP contribution in [0.3, 0.4) is 0 Å². The summed E-state index contributed by atoms with van der Waals surface area (Å²) in [6, 6.07) is 29.5. The molecule has 13 heteroatoms. The van der Waals surface area contributed by atoms with Gasteiger partial charge in [0.25, 0.3) is 0 Å². The molecule has 4 atom stereocenters. The Bertz CT molecular complexity index is 1800. The number of fused-ring (bicyclic) bond motifs is 1.